The van der Waals surface area contributed by atoms with Gasteiger partial charge in [-0.15, -0.1) is 11.3 Å². The van der Waals surface area contributed by atoms with Crippen molar-refractivity contribution in [1.82, 2.24) is 9.88 Å². The van der Waals surface area contributed by atoms with E-state index in [9.17, 15) is 4.79 Å². The molecule has 24 heavy (non-hydrogen) atoms. The molecule has 3 nitrogen and oxygen atoms in total. The molecule has 0 saturated heterocycles. The lowest BCUT2D eigenvalue weighted by Crippen LogP contribution is -2.27. The Labute approximate surface area is 146 Å². The minimum atomic E-state index is 0.0271. The lowest BCUT2D eigenvalue weighted by molar-refractivity contribution is 0.0939. The van der Waals surface area contributed by atoms with Gasteiger partial charge in [0.25, 0.3) is 5.91 Å². The maximum atomic E-state index is 12.8. The van der Waals surface area contributed by atoms with Crippen molar-refractivity contribution >= 4 is 27.5 Å². The quantitative estimate of drug-likeness (QED) is 0.716. The summed E-state index contributed by atoms with van der Waals surface area (Å²) in [6.07, 6.45) is 3.90. The Kier molecular flexibility index (Phi) is 4.15. The lowest BCUT2D eigenvalue weighted by Gasteiger charge is -2.26. The van der Waals surface area contributed by atoms with Gasteiger partial charge in [-0.25, -0.2) is 0 Å². The normalized spacial score (nSPS) is 14.7. The third-order valence-electron chi connectivity index (χ3n) is 4.96. The average molecular weight is 338 g/mol. The fourth-order valence-corrected chi connectivity index (χ4v) is 4.21. The van der Waals surface area contributed by atoms with Gasteiger partial charge in [0.15, 0.2) is 0 Å². The number of fused-ring (bicyclic) bond motifs is 1. The summed E-state index contributed by atoms with van der Waals surface area (Å²) in [5, 5.41) is 5.20. The summed E-state index contributed by atoms with van der Waals surface area (Å²) in [6.45, 7) is 3.61. The lowest BCUT2D eigenvalue weighted by atomic mass is 9.85. The predicted molar refractivity (Wildman–Crippen MR) is 99.5 cm³/mol. The van der Waals surface area contributed by atoms with Crippen LogP contribution in [-0.4, -0.2) is 10.5 Å². The summed E-state index contributed by atoms with van der Waals surface area (Å²) < 4.78 is 3.43. The molecule has 1 saturated carbocycles. The third-order valence-corrected chi connectivity index (χ3v) is 5.81. The van der Waals surface area contributed by atoms with Crippen LogP contribution in [0.3, 0.4) is 0 Å². The molecule has 124 valence electrons. The Balaban J connectivity index is 1.54. The second-order valence-electron chi connectivity index (χ2n) is 6.78. The number of thiophene rings is 1. The Hall–Kier alpha value is -2.07. The van der Waals surface area contributed by atoms with Gasteiger partial charge in [0.05, 0.1) is 10.2 Å². The molecule has 1 N–H and O–H groups in total. The molecular formula is C20H22N2OS. The van der Waals surface area contributed by atoms with Crippen LogP contribution in [0.4, 0.5) is 0 Å². The van der Waals surface area contributed by atoms with E-state index in [1.54, 1.807) is 11.3 Å². The molecule has 2 heterocycles. The van der Waals surface area contributed by atoms with Crippen molar-refractivity contribution in [2.75, 3.05) is 0 Å². The van der Waals surface area contributed by atoms with Crippen molar-refractivity contribution in [3.63, 3.8) is 0 Å². The average Bonchev–Trinajstić information content (AvgIpc) is 3.10. The smallest absolute Gasteiger partial charge is 0.268 e. The molecule has 2 aromatic heterocycles. The molecule has 1 amide bonds. The molecule has 3 aromatic rings. The highest BCUT2D eigenvalue weighted by Gasteiger charge is 2.22. The van der Waals surface area contributed by atoms with Crippen LogP contribution in [0.5, 0.6) is 0 Å². The van der Waals surface area contributed by atoms with Crippen molar-refractivity contribution in [3.05, 3.63) is 58.6 Å². The first-order valence-corrected chi connectivity index (χ1v) is 9.49. The van der Waals surface area contributed by atoms with Crippen molar-refractivity contribution in [3.8, 4) is 0 Å². The number of benzene rings is 1. The van der Waals surface area contributed by atoms with Crippen molar-refractivity contribution < 1.29 is 4.79 Å². The van der Waals surface area contributed by atoms with Crippen LogP contribution in [0.25, 0.3) is 10.2 Å². The first-order valence-electron chi connectivity index (χ1n) is 8.61. The van der Waals surface area contributed by atoms with E-state index in [0.29, 0.717) is 6.54 Å². The molecule has 1 aliphatic rings. The van der Waals surface area contributed by atoms with Gasteiger partial charge in [0.1, 0.15) is 5.69 Å². The maximum Gasteiger partial charge on any atom is 0.268 e. The highest BCUT2D eigenvalue weighted by Crippen LogP contribution is 2.32. The minimum Gasteiger partial charge on any atom is -0.347 e. The van der Waals surface area contributed by atoms with Gasteiger partial charge >= 0.3 is 0 Å². The van der Waals surface area contributed by atoms with E-state index in [0.717, 1.165) is 23.7 Å². The number of aromatic nitrogens is 1. The fraction of sp³-hybridized carbons (Fsp3) is 0.350. The molecule has 4 rings (SSSR count). The number of amides is 1. The summed E-state index contributed by atoms with van der Waals surface area (Å²) in [4.78, 5) is 12.8. The van der Waals surface area contributed by atoms with E-state index in [1.807, 2.05) is 12.1 Å². The highest BCUT2D eigenvalue weighted by atomic mass is 32.1. The van der Waals surface area contributed by atoms with E-state index in [-0.39, 0.29) is 5.91 Å². The molecule has 0 radical (unpaired) electrons. The summed E-state index contributed by atoms with van der Waals surface area (Å²) in [6, 6.07) is 12.5. The Morgan fingerprint density at radius 1 is 1.29 bits per heavy atom. The number of aryl methyl sites for hydroxylation is 1. The number of hydrogen-bond acceptors (Lipinski definition) is 2. The molecule has 0 spiro atoms. The molecule has 1 aliphatic carbocycles. The summed E-state index contributed by atoms with van der Waals surface area (Å²) in [5.74, 6) is 0.753. The molecular weight excluding hydrogens is 316 g/mol. The van der Waals surface area contributed by atoms with Crippen LogP contribution in [0.15, 0.2) is 41.8 Å². The van der Waals surface area contributed by atoms with Gasteiger partial charge in [-0.05, 0) is 48.8 Å². The van der Waals surface area contributed by atoms with Crippen molar-refractivity contribution in [2.45, 2.75) is 39.3 Å². The molecule has 4 heteroatoms. The largest absolute Gasteiger partial charge is 0.347 e. The zero-order valence-electron chi connectivity index (χ0n) is 13.9. The SMILES string of the molecule is Cc1cccc(CNC(=O)c2cc3sccc3n2CC2CCC2)c1. The number of hydrogen-bond donors (Lipinski definition) is 1. The van der Waals surface area contributed by atoms with Gasteiger partial charge in [0.2, 0.25) is 0 Å². The minimum absolute atomic E-state index is 0.0271. The van der Waals surface area contributed by atoms with Gasteiger partial charge in [-0.3, -0.25) is 4.79 Å². The number of carbonyl (C=O) groups is 1. The summed E-state index contributed by atoms with van der Waals surface area (Å²) in [5.41, 5.74) is 4.36. The van der Waals surface area contributed by atoms with Crippen LogP contribution in [0.1, 0.15) is 40.9 Å². The van der Waals surface area contributed by atoms with E-state index in [1.165, 1.54) is 35.0 Å². The number of carbonyl (C=O) groups excluding carboxylic acids is 1. The first-order chi connectivity index (χ1) is 11.7. The number of rotatable bonds is 5. The molecule has 0 atom stereocenters. The van der Waals surface area contributed by atoms with E-state index in [4.69, 9.17) is 0 Å². The monoisotopic (exact) mass is 338 g/mol. The van der Waals surface area contributed by atoms with Crippen LogP contribution in [-0.2, 0) is 13.1 Å². The van der Waals surface area contributed by atoms with Crippen LogP contribution >= 0.6 is 11.3 Å². The second-order valence-corrected chi connectivity index (χ2v) is 7.73. The molecule has 1 fully saturated rings. The fourth-order valence-electron chi connectivity index (χ4n) is 3.39. The van der Waals surface area contributed by atoms with E-state index < -0.39 is 0 Å². The summed E-state index contributed by atoms with van der Waals surface area (Å²) >= 11 is 1.71. The third kappa shape index (κ3) is 2.98. The van der Waals surface area contributed by atoms with Crippen LogP contribution in [0, 0.1) is 12.8 Å². The van der Waals surface area contributed by atoms with Gasteiger partial charge in [0, 0.05) is 13.1 Å². The van der Waals surface area contributed by atoms with Gasteiger partial charge in [-0.1, -0.05) is 36.2 Å². The second kappa shape index (κ2) is 6.44. The zero-order valence-corrected chi connectivity index (χ0v) is 14.7. The van der Waals surface area contributed by atoms with Crippen molar-refractivity contribution in [2.24, 2.45) is 5.92 Å². The van der Waals surface area contributed by atoms with Gasteiger partial charge < -0.3 is 9.88 Å². The predicted octanol–water partition coefficient (Wildman–Crippen LogP) is 4.74. The number of nitrogens with zero attached hydrogens (tertiary/aromatic N) is 1. The zero-order chi connectivity index (χ0) is 16.5. The Morgan fingerprint density at radius 3 is 2.92 bits per heavy atom. The summed E-state index contributed by atoms with van der Waals surface area (Å²) in [7, 11) is 0. The molecule has 0 bridgehead atoms. The topological polar surface area (TPSA) is 34.0 Å². The molecule has 0 aliphatic heterocycles. The van der Waals surface area contributed by atoms with E-state index >= 15 is 0 Å². The standard InChI is InChI=1S/C20H22N2OS/c1-14-4-2-7-16(10-14)12-21-20(23)18-11-19-17(8-9-24-19)22(18)13-15-5-3-6-15/h2,4,7-11,15H,3,5-6,12-13H2,1H3,(H,21,23). The first kappa shape index (κ1) is 15.5. The Bertz CT molecular complexity index is 873. The van der Waals surface area contributed by atoms with Crippen LogP contribution in [0.2, 0.25) is 0 Å². The van der Waals surface area contributed by atoms with Crippen molar-refractivity contribution in [1.29, 1.82) is 0 Å². The highest BCUT2D eigenvalue weighted by molar-refractivity contribution is 7.17. The molecule has 0 unspecified atom stereocenters. The van der Waals surface area contributed by atoms with Crippen LogP contribution < -0.4 is 5.32 Å². The maximum absolute atomic E-state index is 12.8. The van der Waals surface area contributed by atoms with E-state index in [2.05, 4.69) is 46.5 Å². The number of nitrogens with one attached hydrogen (secondary N) is 1. The van der Waals surface area contributed by atoms with Gasteiger partial charge in [-0.2, -0.15) is 0 Å². The Morgan fingerprint density at radius 2 is 2.17 bits per heavy atom. The molecule has 1 aromatic carbocycles.